The van der Waals surface area contributed by atoms with Gasteiger partial charge in [-0.25, -0.2) is 0 Å². The number of halogens is 2. The van der Waals surface area contributed by atoms with Gasteiger partial charge in [-0.3, -0.25) is 0 Å². The fourth-order valence-corrected chi connectivity index (χ4v) is 0.354. The quantitative estimate of drug-likeness (QED) is 0.579. The van der Waals surface area contributed by atoms with Crippen molar-refractivity contribution in [1.29, 1.82) is 0 Å². The van der Waals surface area contributed by atoms with E-state index in [-0.39, 0.29) is 34.0 Å². The summed E-state index contributed by atoms with van der Waals surface area (Å²) in [5.41, 5.74) is 0. The number of rotatable bonds is 2. The van der Waals surface area contributed by atoms with Gasteiger partial charge >= 0.3 is 0 Å². The topological polar surface area (TPSA) is 0 Å². The average Bonchev–Trinajstić information content (AvgIpc) is 1.41. The standard InChI is InChI=1S/C2H9B3.2BrH/c1-2-4-5-3;;/h4-5H,2-3H2,1H3;2*1H. The van der Waals surface area contributed by atoms with E-state index < -0.39 is 0 Å². The SMILES string of the molecule is BBBCC.Br.Br. The molecular formula is C2H11B3Br2. The third kappa shape index (κ3) is 19.1. The molecular weight excluding hydrogens is 216 g/mol. The molecule has 0 N–H and O–H groups in total. The van der Waals surface area contributed by atoms with Crippen LogP contribution in [-0.2, 0) is 0 Å². The van der Waals surface area contributed by atoms with Crippen LogP contribution in [-0.4, -0.2) is 22.0 Å². The van der Waals surface area contributed by atoms with Crippen LogP contribution in [0.25, 0.3) is 0 Å². The maximum atomic E-state index is 2.21. The van der Waals surface area contributed by atoms with Crippen molar-refractivity contribution in [3.05, 3.63) is 0 Å². The van der Waals surface area contributed by atoms with Gasteiger partial charge in [-0.2, -0.15) is 0 Å². The first kappa shape index (κ1) is 15.7. The smallest absolute Gasteiger partial charge is 0.0776 e. The van der Waals surface area contributed by atoms with Crippen LogP contribution < -0.4 is 0 Å². The second kappa shape index (κ2) is 15.7. The molecule has 0 saturated carbocycles. The highest BCUT2D eigenvalue weighted by Crippen LogP contribution is 1.63. The van der Waals surface area contributed by atoms with Crippen molar-refractivity contribution in [2.75, 3.05) is 0 Å². The molecule has 0 heterocycles. The second-order valence-corrected chi connectivity index (χ2v) is 1.35. The van der Waals surface area contributed by atoms with E-state index in [9.17, 15) is 0 Å². The van der Waals surface area contributed by atoms with Crippen molar-refractivity contribution >= 4 is 55.9 Å². The normalized spacial score (nSPS) is 4.71. The van der Waals surface area contributed by atoms with Crippen molar-refractivity contribution in [2.45, 2.75) is 13.2 Å². The number of hydrogen-bond acceptors (Lipinski definition) is 0. The Hall–Kier alpha value is 1.15. The predicted octanol–water partition coefficient (Wildman–Crippen LogP) is -0.0835. The van der Waals surface area contributed by atoms with E-state index >= 15 is 0 Å². The molecule has 0 saturated heterocycles. The summed E-state index contributed by atoms with van der Waals surface area (Å²) in [4.78, 5) is 0. The summed E-state index contributed by atoms with van der Waals surface area (Å²) in [6, 6.07) is 0. The zero-order valence-electron chi connectivity index (χ0n) is 4.94. The molecule has 0 amide bonds. The predicted molar refractivity (Wildman–Crippen MR) is 54.0 cm³/mol. The maximum Gasteiger partial charge on any atom is 0.0776 e. The molecule has 0 aliphatic heterocycles. The van der Waals surface area contributed by atoms with E-state index in [1.807, 2.05) is 0 Å². The van der Waals surface area contributed by atoms with Crippen LogP contribution in [0.15, 0.2) is 0 Å². The Morgan fingerprint density at radius 1 is 1.43 bits per heavy atom. The highest BCUT2D eigenvalue weighted by Gasteiger charge is 1.75. The van der Waals surface area contributed by atoms with Crippen molar-refractivity contribution in [3.8, 4) is 0 Å². The van der Waals surface area contributed by atoms with Gasteiger partial charge in [0.05, 0.1) is 22.0 Å². The average molecular weight is 227 g/mol. The largest absolute Gasteiger partial charge is 0.114 e. The van der Waals surface area contributed by atoms with Crippen molar-refractivity contribution in [3.63, 3.8) is 0 Å². The summed E-state index contributed by atoms with van der Waals surface area (Å²) >= 11 is 0. The van der Waals surface area contributed by atoms with E-state index in [2.05, 4.69) is 14.7 Å². The van der Waals surface area contributed by atoms with Crippen LogP contribution in [0.2, 0.25) is 6.32 Å². The minimum Gasteiger partial charge on any atom is -0.114 e. The van der Waals surface area contributed by atoms with E-state index in [1.54, 1.807) is 0 Å². The van der Waals surface area contributed by atoms with E-state index in [0.29, 0.717) is 0 Å². The Bertz CT molecular complexity index is 18.4. The van der Waals surface area contributed by atoms with Gasteiger partial charge in [-0.1, -0.05) is 13.2 Å². The lowest BCUT2D eigenvalue weighted by atomic mass is 9.27. The summed E-state index contributed by atoms with van der Waals surface area (Å²) in [6.45, 7) is 2.21. The van der Waals surface area contributed by atoms with Crippen molar-refractivity contribution in [1.82, 2.24) is 0 Å². The van der Waals surface area contributed by atoms with Gasteiger partial charge in [0, 0.05) is 0 Å². The van der Waals surface area contributed by atoms with E-state index in [0.717, 1.165) is 0 Å². The lowest BCUT2D eigenvalue weighted by molar-refractivity contribution is 1.47. The summed E-state index contributed by atoms with van der Waals surface area (Å²) < 4.78 is 0. The molecule has 0 spiro atoms. The summed E-state index contributed by atoms with van der Waals surface area (Å²) in [5.74, 6) is 0. The molecule has 7 heavy (non-hydrogen) atoms. The van der Waals surface area contributed by atoms with Gasteiger partial charge in [-0.15, -0.1) is 34.0 Å². The minimum absolute atomic E-state index is 0. The molecule has 0 aliphatic rings. The molecule has 42 valence electrons. The van der Waals surface area contributed by atoms with Gasteiger partial charge in [-0.05, 0) is 0 Å². The molecule has 0 radical (unpaired) electrons. The fourth-order valence-electron chi connectivity index (χ4n) is 0.354. The van der Waals surface area contributed by atoms with Crippen LogP contribution in [0.3, 0.4) is 0 Å². The van der Waals surface area contributed by atoms with Crippen LogP contribution in [0.5, 0.6) is 0 Å². The molecule has 0 aromatic heterocycles. The van der Waals surface area contributed by atoms with Gasteiger partial charge in [0.25, 0.3) is 0 Å². The van der Waals surface area contributed by atoms with Gasteiger partial charge < -0.3 is 0 Å². The van der Waals surface area contributed by atoms with Crippen LogP contribution in [0.4, 0.5) is 0 Å². The molecule has 0 aromatic carbocycles. The molecule has 0 nitrogen and oxygen atoms in total. The first-order valence-corrected chi connectivity index (χ1v) is 2.41. The highest BCUT2D eigenvalue weighted by atomic mass is 79.9. The van der Waals surface area contributed by atoms with Crippen molar-refractivity contribution in [2.24, 2.45) is 0 Å². The van der Waals surface area contributed by atoms with Crippen LogP contribution >= 0.6 is 34.0 Å². The van der Waals surface area contributed by atoms with Gasteiger partial charge in [0.2, 0.25) is 0 Å². The van der Waals surface area contributed by atoms with Crippen molar-refractivity contribution < 1.29 is 0 Å². The molecule has 0 aliphatic carbocycles. The molecule has 0 rings (SSSR count). The monoisotopic (exact) mass is 226 g/mol. The lowest BCUT2D eigenvalue weighted by Crippen LogP contribution is -1.98. The fraction of sp³-hybridized carbons (Fsp3) is 1.00. The first-order chi connectivity index (χ1) is 2.41. The first-order valence-electron chi connectivity index (χ1n) is 2.41. The molecule has 0 atom stereocenters. The Morgan fingerprint density at radius 2 is 1.86 bits per heavy atom. The third-order valence-electron chi connectivity index (χ3n) is 0.707. The van der Waals surface area contributed by atoms with Crippen LogP contribution in [0.1, 0.15) is 6.92 Å². The second-order valence-electron chi connectivity index (χ2n) is 1.35. The minimum atomic E-state index is 0. The Balaban J connectivity index is -0.0000000800. The van der Waals surface area contributed by atoms with E-state index in [4.69, 9.17) is 0 Å². The lowest BCUT2D eigenvalue weighted by Gasteiger charge is -1.72. The summed E-state index contributed by atoms with van der Waals surface area (Å²) in [7, 11) is 4.94. The Morgan fingerprint density at radius 3 is 1.86 bits per heavy atom. The zero-order valence-corrected chi connectivity index (χ0v) is 8.36. The molecule has 5 heteroatoms. The molecule has 0 bridgehead atoms. The molecule has 0 aromatic rings. The van der Waals surface area contributed by atoms with E-state index in [1.165, 1.54) is 20.6 Å². The van der Waals surface area contributed by atoms with Gasteiger partial charge in [0.15, 0.2) is 0 Å². The summed E-state index contributed by atoms with van der Waals surface area (Å²) in [6.07, 6.45) is 1.34. The third-order valence-corrected chi connectivity index (χ3v) is 0.707. The molecule has 0 fully saturated rings. The summed E-state index contributed by atoms with van der Waals surface area (Å²) in [5, 5.41) is 0. The molecule has 0 unspecified atom stereocenters. The number of hydrogen-bond donors (Lipinski definition) is 0. The Labute approximate surface area is 69.2 Å². The highest BCUT2D eigenvalue weighted by molar-refractivity contribution is 8.93. The van der Waals surface area contributed by atoms with Gasteiger partial charge in [0.1, 0.15) is 0 Å². The maximum absolute atomic E-state index is 2.21. The van der Waals surface area contributed by atoms with Crippen LogP contribution in [0, 0.1) is 0 Å². The zero-order chi connectivity index (χ0) is 4.12. The Kier molecular flexibility index (Phi) is 35.2.